The van der Waals surface area contributed by atoms with Crippen LogP contribution in [0.5, 0.6) is 0 Å². The largest absolute Gasteiger partial charge is 0.478 e. The van der Waals surface area contributed by atoms with Crippen LogP contribution in [0.4, 0.5) is 11.4 Å². The maximum atomic E-state index is 13.3. The molecule has 3 aromatic rings. The van der Waals surface area contributed by atoms with Crippen molar-refractivity contribution in [1.29, 1.82) is 0 Å². The van der Waals surface area contributed by atoms with Crippen LogP contribution in [0.25, 0.3) is 11.3 Å². The molecule has 0 saturated carbocycles. The second-order valence-corrected chi connectivity index (χ2v) is 11.8. The van der Waals surface area contributed by atoms with E-state index in [-0.39, 0.29) is 17.4 Å². The fourth-order valence-corrected chi connectivity index (χ4v) is 6.35. The maximum Gasteiger partial charge on any atom is 0.336 e. The molecule has 0 aliphatic carbocycles. The normalized spacial score (nSPS) is 19.1. The summed E-state index contributed by atoms with van der Waals surface area (Å²) < 4.78 is 0. The van der Waals surface area contributed by atoms with Gasteiger partial charge in [-0.2, -0.15) is 0 Å². The Morgan fingerprint density at radius 1 is 0.930 bits per heavy atom. The van der Waals surface area contributed by atoms with E-state index in [0.717, 1.165) is 18.7 Å². The zero-order valence-electron chi connectivity index (χ0n) is 24.2. The molecule has 3 heterocycles. The Labute approximate surface area is 250 Å². The Hall–Kier alpha value is -4.47. The monoisotopic (exact) mass is 580 g/mol. The van der Waals surface area contributed by atoms with Gasteiger partial charge in [0.2, 0.25) is 0 Å². The molecule has 0 bridgehead atoms. The van der Waals surface area contributed by atoms with Crippen LogP contribution >= 0.6 is 0 Å². The van der Waals surface area contributed by atoms with Gasteiger partial charge < -0.3 is 30.6 Å². The molecule has 9 nitrogen and oxygen atoms in total. The van der Waals surface area contributed by atoms with Gasteiger partial charge in [0.1, 0.15) is 0 Å². The number of hydrogen-bond acceptors (Lipinski definition) is 6. The number of aryl methyl sites for hydroxylation is 1. The van der Waals surface area contributed by atoms with Gasteiger partial charge in [0.05, 0.1) is 28.1 Å². The lowest BCUT2D eigenvalue weighted by Crippen LogP contribution is -2.51. The van der Waals surface area contributed by atoms with Crippen LogP contribution in [-0.2, 0) is 4.79 Å². The average molecular weight is 581 g/mol. The van der Waals surface area contributed by atoms with Crippen molar-refractivity contribution in [2.24, 2.45) is 0 Å². The summed E-state index contributed by atoms with van der Waals surface area (Å²) in [5.41, 5.74) is 4.07. The highest BCUT2D eigenvalue weighted by atomic mass is 16.4. The van der Waals surface area contributed by atoms with Gasteiger partial charge >= 0.3 is 5.97 Å². The maximum absolute atomic E-state index is 13.3. The van der Waals surface area contributed by atoms with Crippen molar-refractivity contribution in [2.75, 3.05) is 43.4 Å². The Balaban J connectivity index is 1.22. The van der Waals surface area contributed by atoms with E-state index in [1.165, 1.54) is 18.9 Å². The predicted molar refractivity (Wildman–Crippen MR) is 166 cm³/mol. The van der Waals surface area contributed by atoms with Crippen LogP contribution in [-0.4, -0.2) is 76.1 Å². The minimum Gasteiger partial charge on any atom is -0.478 e. The molecule has 3 aliphatic heterocycles. The van der Waals surface area contributed by atoms with Crippen molar-refractivity contribution in [3.05, 3.63) is 94.5 Å². The third-order valence-electron chi connectivity index (χ3n) is 8.75. The average Bonchev–Trinajstić information content (AvgIpc) is 3.62. The summed E-state index contributed by atoms with van der Waals surface area (Å²) in [6.07, 6.45) is 3.51. The van der Waals surface area contributed by atoms with Crippen LogP contribution < -0.4 is 10.6 Å². The predicted octanol–water partition coefficient (Wildman–Crippen LogP) is 4.69. The number of anilines is 2. The van der Waals surface area contributed by atoms with Crippen LogP contribution in [0.3, 0.4) is 0 Å². The van der Waals surface area contributed by atoms with Gasteiger partial charge in [0, 0.05) is 36.4 Å². The first-order valence-electron chi connectivity index (χ1n) is 14.8. The third kappa shape index (κ3) is 5.91. The lowest BCUT2D eigenvalue weighted by Gasteiger charge is -2.40. The summed E-state index contributed by atoms with van der Waals surface area (Å²) in [4.78, 5) is 42.4. The quantitative estimate of drug-likeness (QED) is 0.299. The first-order valence-corrected chi connectivity index (χ1v) is 14.8. The number of aliphatic hydroxyl groups is 1. The van der Waals surface area contributed by atoms with Gasteiger partial charge in [0.15, 0.2) is 0 Å². The van der Waals surface area contributed by atoms with Gasteiger partial charge in [-0.1, -0.05) is 30.3 Å². The van der Waals surface area contributed by atoms with Gasteiger partial charge in [-0.05, 0) is 93.2 Å². The summed E-state index contributed by atoms with van der Waals surface area (Å²) in [7, 11) is 0. The van der Waals surface area contributed by atoms with Gasteiger partial charge in [0.25, 0.3) is 11.8 Å². The fourth-order valence-electron chi connectivity index (χ4n) is 6.35. The van der Waals surface area contributed by atoms with Crippen molar-refractivity contribution in [3.8, 4) is 0 Å². The van der Waals surface area contributed by atoms with Crippen molar-refractivity contribution in [2.45, 2.75) is 38.2 Å². The molecule has 222 valence electrons. The number of fused-ring (bicyclic) bond motifs is 1. The number of piperidine rings is 1. The van der Waals surface area contributed by atoms with Crippen LogP contribution in [0.2, 0.25) is 0 Å². The van der Waals surface area contributed by atoms with E-state index in [4.69, 9.17) is 0 Å². The van der Waals surface area contributed by atoms with E-state index in [1.807, 2.05) is 47.4 Å². The Bertz CT molecular complexity index is 1580. The SMILES string of the molecule is Cc1cc2c(cc1C(=O)O)NC(=O)/C2=C(/Nc1ccc(C(=O)N2CCC(O)(CN3CCCC3)CC2)cc1)c1ccccc1. The number of hydrogen-bond donors (Lipinski definition) is 4. The van der Waals surface area contributed by atoms with Gasteiger partial charge in [-0.15, -0.1) is 0 Å². The lowest BCUT2D eigenvalue weighted by molar-refractivity contribution is -0.110. The molecule has 3 aromatic carbocycles. The molecule has 3 aliphatic rings. The molecule has 6 rings (SSSR count). The highest BCUT2D eigenvalue weighted by Gasteiger charge is 2.36. The number of aromatic carboxylic acids is 1. The zero-order chi connectivity index (χ0) is 30.1. The molecule has 2 amide bonds. The van der Waals surface area contributed by atoms with E-state index in [1.54, 1.807) is 25.1 Å². The highest BCUT2D eigenvalue weighted by molar-refractivity contribution is 6.37. The molecule has 0 radical (unpaired) electrons. The molecule has 0 aromatic heterocycles. The minimum atomic E-state index is -1.05. The first-order chi connectivity index (χ1) is 20.7. The van der Waals surface area contributed by atoms with Crippen molar-refractivity contribution < 1.29 is 24.6 Å². The third-order valence-corrected chi connectivity index (χ3v) is 8.75. The van der Waals surface area contributed by atoms with E-state index in [2.05, 4.69) is 15.5 Å². The second-order valence-electron chi connectivity index (χ2n) is 11.8. The summed E-state index contributed by atoms with van der Waals surface area (Å²) in [6.45, 7) is 5.51. The Morgan fingerprint density at radius 2 is 1.60 bits per heavy atom. The lowest BCUT2D eigenvalue weighted by atomic mass is 9.90. The molecular formula is C34H36N4O5. The van der Waals surface area contributed by atoms with Crippen molar-refractivity contribution in [1.82, 2.24) is 9.80 Å². The number of nitrogens with zero attached hydrogens (tertiary/aromatic N) is 2. The van der Waals surface area contributed by atoms with Crippen molar-refractivity contribution in [3.63, 3.8) is 0 Å². The minimum absolute atomic E-state index is 0.0646. The molecule has 2 fully saturated rings. The van der Waals surface area contributed by atoms with Crippen molar-refractivity contribution >= 4 is 40.4 Å². The number of β-amino-alcohol motifs (C(OH)–C–C–N with tert-alkyl or cyclic N) is 1. The standard InChI is InChI=1S/C34H36N4O5/c1-22-19-27-28(20-26(22)33(41)42)36-31(39)29(27)30(23-7-3-2-4-8-23)35-25-11-9-24(10-12-25)32(40)38-17-13-34(43,14-18-38)21-37-15-5-6-16-37/h2-4,7-12,19-20,35,43H,5-6,13-18,21H2,1H3,(H,36,39)(H,41,42)/b30-29+. The van der Waals surface area contributed by atoms with Crippen LogP contribution in [0.1, 0.15) is 63.1 Å². The van der Waals surface area contributed by atoms with E-state index >= 15 is 0 Å². The summed E-state index contributed by atoms with van der Waals surface area (Å²) in [5, 5.41) is 26.9. The van der Waals surface area contributed by atoms with E-state index in [9.17, 15) is 24.6 Å². The Kier molecular flexibility index (Phi) is 7.77. The number of amides is 2. The number of benzene rings is 3. The highest BCUT2D eigenvalue weighted by Crippen LogP contribution is 2.39. The number of carbonyl (C=O) groups excluding carboxylic acids is 2. The smallest absolute Gasteiger partial charge is 0.336 e. The topological polar surface area (TPSA) is 122 Å². The second kappa shape index (κ2) is 11.7. The zero-order valence-corrected chi connectivity index (χ0v) is 24.2. The number of carboxylic acids is 1. The van der Waals surface area contributed by atoms with Crippen LogP contribution in [0.15, 0.2) is 66.7 Å². The summed E-state index contributed by atoms with van der Waals surface area (Å²) in [6, 6.07) is 19.9. The molecule has 2 saturated heterocycles. The molecular weight excluding hydrogens is 544 g/mol. The fraction of sp³-hybridized carbons (Fsp3) is 0.324. The number of nitrogens with one attached hydrogen (secondary N) is 2. The molecule has 0 unspecified atom stereocenters. The summed E-state index contributed by atoms with van der Waals surface area (Å²) in [5.74, 6) is -1.44. The number of rotatable bonds is 7. The van der Waals surface area contributed by atoms with E-state index < -0.39 is 11.6 Å². The first kappa shape index (κ1) is 28.6. The summed E-state index contributed by atoms with van der Waals surface area (Å²) >= 11 is 0. The van der Waals surface area contributed by atoms with Gasteiger partial charge in [-0.3, -0.25) is 9.59 Å². The van der Waals surface area contributed by atoms with E-state index in [0.29, 0.717) is 71.8 Å². The molecule has 43 heavy (non-hydrogen) atoms. The molecule has 4 N–H and O–H groups in total. The van der Waals surface area contributed by atoms with Gasteiger partial charge in [-0.25, -0.2) is 4.79 Å². The Morgan fingerprint density at radius 3 is 2.26 bits per heavy atom. The number of likely N-dealkylation sites (tertiary alicyclic amines) is 2. The molecule has 0 atom stereocenters. The van der Waals surface area contributed by atoms with Crippen LogP contribution in [0, 0.1) is 6.92 Å². The number of carboxylic acid groups (broad SMARTS) is 1. The number of carbonyl (C=O) groups is 3. The molecule has 9 heteroatoms. The molecule has 0 spiro atoms.